The minimum Gasteiger partial charge on any atom is -1.00 e. The fourth-order valence-corrected chi connectivity index (χ4v) is 3.12. The molecule has 0 fully saturated rings. The van der Waals surface area contributed by atoms with E-state index in [2.05, 4.69) is 52.0 Å². The predicted octanol–water partition coefficient (Wildman–Crippen LogP) is 0.875. The molecule has 1 heterocycles. The quantitative estimate of drug-likeness (QED) is 0.499. The Hall–Kier alpha value is -3.09. The van der Waals surface area contributed by atoms with Crippen molar-refractivity contribution in [2.45, 2.75) is 19.4 Å². The summed E-state index contributed by atoms with van der Waals surface area (Å²) < 4.78 is 4.96. The van der Waals surface area contributed by atoms with Crippen LogP contribution in [0.4, 0.5) is 22.1 Å². The number of aromatic nitrogens is 1. The Morgan fingerprint density at radius 2 is 1.70 bits per heavy atom. The molecule has 3 aromatic rings. The number of carbonyl (C=O) groups is 1. The minimum atomic E-state index is -0.482. The van der Waals surface area contributed by atoms with Gasteiger partial charge in [0.1, 0.15) is 11.5 Å². The smallest absolute Gasteiger partial charge is 0.411 e. The molecule has 4 N–H and O–H groups in total. The lowest BCUT2D eigenvalue weighted by Crippen LogP contribution is -3.00. The summed E-state index contributed by atoms with van der Waals surface area (Å²) in [7, 11) is 1.89. The maximum absolute atomic E-state index is 11.7. The molecule has 2 aromatic carbocycles. The third-order valence-electron chi connectivity index (χ3n) is 4.52. The SMILES string of the molecule is CCOC(=O)Nc1ccc(NC(Cc2ccccc2)c2ccccc2)nc1[NH2+]C.[Cl-]. The Kier molecular flexibility index (Phi) is 9.12. The van der Waals surface area contributed by atoms with E-state index in [0.717, 1.165) is 12.2 Å². The fourth-order valence-electron chi connectivity index (χ4n) is 3.12. The zero-order chi connectivity index (χ0) is 20.5. The van der Waals surface area contributed by atoms with Crippen LogP contribution < -0.4 is 28.4 Å². The summed E-state index contributed by atoms with van der Waals surface area (Å²) in [6.45, 7) is 2.09. The van der Waals surface area contributed by atoms with Crippen molar-refractivity contribution in [3.05, 3.63) is 83.9 Å². The normalized spacial score (nSPS) is 11.1. The Bertz CT molecular complexity index is 923. The van der Waals surface area contributed by atoms with E-state index in [9.17, 15) is 4.79 Å². The number of halogens is 1. The average molecular weight is 427 g/mol. The summed E-state index contributed by atoms with van der Waals surface area (Å²) in [4.78, 5) is 16.4. The summed E-state index contributed by atoms with van der Waals surface area (Å²) in [6.07, 6.45) is 0.352. The lowest BCUT2D eigenvalue weighted by Gasteiger charge is -2.20. The van der Waals surface area contributed by atoms with Crippen LogP contribution in [-0.4, -0.2) is 24.7 Å². The Morgan fingerprint density at radius 1 is 1.03 bits per heavy atom. The molecule has 0 radical (unpaired) electrons. The van der Waals surface area contributed by atoms with Crippen LogP contribution >= 0.6 is 0 Å². The number of carbonyl (C=O) groups excluding carboxylic acids is 1. The van der Waals surface area contributed by atoms with Crippen LogP contribution in [0, 0.1) is 0 Å². The van der Waals surface area contributed by atoms with Gasteiger partial charge in [0.25, 0.3) is 0 Å². The number of hydrogen-bond donors (Lipinski definition) is 3. The molecular weight excluding hydrogens is 400 g/mol. The minimum absolute atomic E-state index is 0. The van der Waals surface area contributed by atoms with Gasteiger partial charge in [0.2, 0.25) is 5.82 Å². The fraction of sp³-hybridized carbons (Fsp3) is 0.217. The largest absolute Gasteiger partial charge is 1.00 e. The average Bonchev–Trinajstić information content (AvgIpc) is 2.76. The molecule has 0 saturated carbocycles. The molecule has 6 nitrogen and oxygen atoms in total. The van der Waals surface area contributed by atoms with E-state index in [1.54, 1.807) is 6.92 Å². The third kappa shape index (κ3) is 6.47. The number of pyridine rings is 1. The van der Waals surface area contributed by atoms with Gasteiger partial charge in [-0.25, -0.2) is 4.79 Å². The predicted molar refractivity (Wildman–Crippen MR) is 115 cm³/mol. The van der Waals surface area contributed by atoms with Gasteiger partial charge in [-0.1, -0.05) is 60.7 Å². The molecule has 1 amide bonds. The van der Waals surface area contributed by atoms with Crippen LogP contribution in [0.1, 0.15) is 24.1 Å². The molecule has 0 bridgehead atoms. The first-order valence-corrected chi connectivity index (χ1v) is 9.79. The number of amides is 1. The Morgan fingerprint density at radius 3 is 2.33 bits per heavy atom. The maximum atomic E-state index is 11.7. The van der Waals surface area contributed by atoms with Gasteiger partial charge in [-0.3, -0.25) is 10.6 Å². The number of nitrogens with one attached hydrogen (secondary N) is 2. The van der Waals surface area contributed by atoms with Gasteiger partial charge >= 0.3 is 6.09 Å². The van der Waals surface area contributed by atoms with Crippen LogP contribution in [0.2, 0.25) is 0 Å². The van der Waals surface area contributed by atoms with E-state index in [-0.39, 0.29) is 18.4 Å². The highest BCUT2D eigenvalue weighted by molar-refractivity contribution is 5.87. The zero-order valence-electron chi connectivity index (χ0n) is 17.1. The number of rotatable bonds is 8. The molecule has 0 saturated heterocycles. The molecule has 1 atom stereocenters. The highest BCUT2D eigenvalue weighted by atomic mass is 35.5. The van der Waals surface area contributed by atoms with Gasteiger partial charge < -0.3 is 22.5 Å². The van der Waals surface area contributed by atoms with Gasteiger partial charge in [0.05, 0.1) is 19.7 Å². The van der Waals surface area contributed by atoms with E-state index in [1.807, 2.05) is 48.8 Å². The van der Waals surface area contributed by atoms with Crippen molar-refractivity contribution in [2.24, 2.45) is 0 Å². The molecule has 158 valence electrons. The number of anilines is 2. The molecule has 0 aliphatic rings. The van der Waals surface area contributed by atoms with Crippen molar-refractivity contribution in [3.8, 4) is 0 Å². The second-order valence-corrected chi connectivity index (χ2v) is 6.56. The van der Waals surface area contributed by atoms with Crippen molar-refractivity contribution in [1.29, 1.82) is 0 Å². The molecule has 1 unspecified atom stereocenters. The number of nitrogens with zero attached hydrogens (tertiary/aromatic N) is 1. The van der Waals surface area contributed by atoms with E-state index in [4.69, 9.17) is 4.74 Å². The van der Waals surface area contributed by atoms with Gasteiger partial charge in [-0.15, -0.1) is 0 Å². The van der Waals surface area contributed by atoms with Crippen LogP contribution in [0.15, 0.2) is 72.8 Å². The van der Waals surface area contributed by atoms with Crippen molar-refractivity contribution < 1.29 is 27.3 Å². The first-order chi connectivity index (χ1) is 14.2. The standard InChI is InChI=1S/C23H26N4O2.ClH/c1-3-29-23(28)26-19-14-15-21(27-22(19)24-2)25-20(18-12-8-5-9-13-18)16-17-10-6-4-7-11-17;/h4-15,20H,3,16H2,1-2H3,(H,26,28)(H2,24,25,27);1H. The lowest BCUT2D eigenvalue weighted by molar-refractivity contribution is -0.542. The molecular formula is C23H27ClN4O2. The number of hydrogen-bond acceptors (Lipinski definition) is 4. The van der Waals surface area contributed by atoms with E-state index >= 15 is 0 Å². The van der Waals surface area contributed by atoms with Crippen LogP contribution in [0.5, 0.6) is 0 Å². The Balaban J connectivity index is 0.00000320. The maximum Gasteiger partial charge on any atom is 0.411 e. The summed E-state index contributed by atoms with van der Waals surface area (Å²) >= 11 is 0. The molecule has 0 aliphatic carbocycles. The van der Waals surface area contributed by atoms with Gasteiger partial charge in [0.15, 0.2) is 0 Å². The van der Waals surface area contributed by atoms with Crippen molar-refractivity contribution in [3.63, 3.8) is 0 Å². The number of benzene rings is 2. The van der Waals surface area contributed by atoms with E-state index in [0.29, 0.717) is 18.1 Å². The van der Waals surface area contributed by atoms with Crippen LogP contribution in [-0.2, 0) is 11.2 Å². The second-order valence-electron chi connectivity index (χ2n) is 6.56. The van der Waals surface area contributed by atoms with Crippen molar-refractivity contribution in [1.82, 2.24) is 4.98 Å². The number of nitrogens with two attached hydrogens (primary N) is 1. The van der Waals surface area contributed by atoms with Crippen molar-refractivity contribution in [2.75, 3.05) is 24.3 Å². The topological polar surface area (TPSA) is 79.9 Å². The summed E-state index contributed by atoms with van der Waals surface area (Å²) in [5.41, 5.74) is 3.06. The first kappa shape index (κ1) is 23.2. The summed E-state index contributed by atoms with van der Waals surface area (Å²) in [5.74, 6) is 1.44. The first-order valence-electron chi connectivity index (χ1n) is 9.79. The zero-order valence-corrected chi connectivity index (χ0v) is 17.9. The highest BCUT2D eigenvalue weighted by Gasteiger charge is 2.16. The molecule has 1 aromatic heterocycles. The van der Waals surface area contributed by atoms with Gasteiger partial charge in [-0.05, 0) is 36.6 Å². The summed E-state index contributed by atoms with van der Waals surface area (Å²) in [5, 5.41) is 8.14. The van der Waals surface area contributed by atoms with Crippen LogP contribution in [0.3, 0.4) is 0 Å². The van der Waals surface area contributed by atoms with Crippen LogP contribution in [0.25, 0.3) is 0 Å². The molecule has 0 spiro atoms. The van der Waals surface area contributed by atoms with E-state index < -0.39 is 6.09 Å². The second kappa shape index (κ2) is 11.8. The van der Waals surface area contributed by atoms with Gasteiger partial charge in [-0.2, -0.15) is 4.98 Å². The number of ether oxygens (including phenoxy) is 1. The van der Waals surface area contributed by atoms with Crippen molar-refractivity contribution >= 4 is 23.4 Å². The molecule has 0 aliphatic heterocycles. The molecule has 30 heavy (non-hydrogen) atoms. The summed E-state index contributed by atoms with van der Waals surface area (Å²) in [6, 6.07) is 24.5. The monoisotopic (exact) mass is 426 g/mol. The third-order valence-corrected chi connectivity index (χ3v) is 4.52. The Labute approximate surface area is 183 Å². The van der Waals surface area contributed by atoms with Gasteiger partial charge in [0, 0.05) is 0 Å². The highest BCUT2D eigenvalue weighted by Crippen LogP contribution is 2.25. The molecule has 7 heteroatoms. The van der Waals surface area contributed by atoms with E-state index in [1.165, 1.54) is 11.1 Å². The number of quaternary nitrogens is 1. The molecule has 3 rings (SSSR count). The lowest BCUT2D eigenvalue weighted by atomic mass is 9.99.